The van der Waals surface area contributed by atoms with E-state index in [0.29, 0.717) is 11.9 Å². The third kappa shape index (κ3) is 4.67. The Bertz CT molecular complexity index is 1420. The minimum absolute atomic E-state index is 0.0515. The van der Waals surface area contributed by atoms with Crippen LogP contribution in [-0.2, 0) is 16.6 Å². The molecule has 0 unspecified atom stereocenters. The summed E-state index contributed by atoms with van der Waals surface area (Å²) in [6.07, 6.45) is 1.83. The van der Waals surface area contributed by atoms with Gasteiger partial charge in [-0.05, 0) is 36.1 Å². The molecule has 0 saturated heterocycles. The third-order valence-corrected chi connectivity index (χ3v) is 7.82. The van der Waals surface area contributed by atoms with Crippen LogP contribution >= 0.6 is 11.3 Å². The highest BCUT2D eigenvalue weighted by atomic mass is 32.2. The molecule has 10 heteroatoms. The Morgan fingerprint density at radius 1 is 1.09 bits per heavy atom. The van der Waals surface area contributed by atoms with E-state index in [-0.39, 0.29) is 27.0 Å². The van der Waals surface area contributed by atoms with Crippen molar-refractivity contribution in [2.24, 2.45) is 10.2 Å². The number of rotatable bonds is 8. The summed E-state index contributed by atoms with van der Waals surface area (Å²) in [4.78, 5) is 12.9. The number of hydrogen-bond donors (Lipinski definition) is 2. The number of aryl methyl sites for hydroxylation is 1. The smallest absolute Gasteiger partial charge is 0.297 e. The number of hydrogen-bond acceptors (Lipinski definition) is 6. The first kappa shape index (κ1) is 22.7. The van der Waals surface area contributed by atoms with E-state index in [2.05, 4.69) is 21.9 Å². The van der Waals surface area contributed by atoms with Gasteiger partial charge >= 0.3 is 0 Å². The van der Waals surface area contributed by atoms with E-state index in [1.54, 1.807) is 34.2 Å². The predicted octanol–water partition coefficient (Wildman–Crippen LogP) is 5.93. The lowest BCUT2D eigenvalue weighted by atomic mass is 10.2. The van der Waals surface area contributed by atoms with Crippen LogP contribution in [0.2, 0.25) is 0 Å². The Labute approximate surface area is 195 Å². The lowest BCUT2D eigenvalue weighted by Crippen LogP contribution is -2.14. The number of sulfonamides is 1. The molecule has 0 spiro atoms. The lowest BCUT2D eigenvalue weighted by Gasteiger charge is -2.09. The van der Waals surface area contributed by atoms with Gasteiger partial charge in [0.05, 0.1) is 16.8 Å². The Morgan fingerprint density at radius 3 is 2.61 bits per heavy atom. The maximum Gasteiger partial charge on any atom is 0.297 e. The molecule has 1 amide bonds. The molecule has 0 aliphatic heterocycles. The second kappa shape index (κ2) is 9.55. The highest BCUT2D eigenvalue weighted by molar-refractivity contribution is 7.94. The number of aromatic hydroxyl groups is 1. The number of carbonyl (C=O) groups is 1. The molecule has 0 saturated carbocycles. The first-order chi connectivity index (χ1) is 15.9. The van der Waals surface area contributed by atoms with Gasteiger partial charge in [0.1, 0.15) is 4.21 Å². The SMILES string of the molecule is CCCCn1c(O)c(N=NC(=O)c2ccccc2NS(=O)(=O)c2cccs2)c2ccccc21. The van der Waals surface area contributed by atoms with Gasteiger partial charge in [0.2, 0.25) is 5.88 Å². The summed E-state index contributed by atoms with van der Waals surface area (Å²) in [6, 6.07) is 16.7. The van der Waals surface area contributed by atoms with Gasteiger partial charge in [-0.3, -0.25) is 9.52 Å². The van der Waals surface area contributed by atoms with Crippen molar-refractivity contribution >= 4 is 49.5 Å². The van der Waals surface area contributed by atoms with E-state index >= 15 is 0 Å². The summed E-state index contributed by atoms with van der Waals surface area (Å²) < 4.78 is 29.5. The second-order valence-electron chi connectivity index (χ2n) is 7.28. The number of anilines is 1. The van der Waals surface area contributed by atoms with E-state index in [1.807, 2.05) is 18.2 Å². The molecule has 0 atom stereocenters. The second-order valence-corrected chi connectivity index (χ2v) is 10.1. The molecule has 0 fully saturated rings. The summed E-state index contributed by atoms with van der Waals surface area (Å²) in [5.41, 5.74) is 1.15. The van der Waals surface area contributed by atoms with E-state index in [4.69, 9.17) is 0 Å². The number of azo groups is 1. The summed E-state index contributed by atoms with van der Waals surface area (Å²) in [5, 5.41) is 20.9. The van der Waals surface area contributed by atoms with Crippen molar-refractivity contribution in [3.63, 3.8) is 0 Å². The minimum Gasteiger partial charge on any atom is -0.493 e. The molecule has 170 valence electrons. The van der Waals surface area contributed by atoms with Gasteiger partial charge in [0, 0.05) is 11.9 Å². The van der Waals surface area contributed by atoms with Crippen LogP contribution in [0.4, 0.5) is 11.4 Å². The van der Waals surface area contributed by atoms with Crippen molar-refractivity contribution < 1.29 is 18.3 Å². The zero-order valence-corrected chi connectivity index (χ0v) is 19.4. The number of fused-ring (bicyclic) bond motifs is 1. The molecule has 0 aliphatic carbocycles. The van der Waals surface area contributed by atoms with Gasteiger partial charge in [-0.2, -0.15) is 0 Å². The number of aromatic nitrogens is 1. The van der Waals surface area contributed by atoms with Crippen LogP contribution in [-0.4, -0.2) is 24.0 Å². The van der Waals surface area contributed by atoms with Crippen LogP contribution in [0.1, 0.15) is 30.1 Å². The fourth-order valence-electron chi connectivity index (χ4n) is 3.43. The Balaban J connectivity index is 1.66. The van der Waals surface area contributed by atoms with Gasteiger partial charge in [0.25, 0.3) is 15.9 Å². The normalized spacial score (nSPS) is 11.9. The van der Waals surface area contributed by atoms with Crippen molar-refractivity contribution in [1.82, 2.24) is 4.57 Å². The number of thiophene rings is 1. The number of nitrogens with one attached hydrogen (secondary N) is 1. The summed E-state index contributed by atoms with van der Waals surface area (Å²) >= 11 is 1.07. The molecular weight excluding hydrogens is 460 g/mol. The number of unbranched alkanes of at least 4 members (excludes halogenated alkanes) is 1. The maximum absolute atomic E-state index is 12.9. The van der Waals surface area contributed by atoms with Crippen LogP contribution in [0.15, 0.2) is 80.5 Å². The van der Waals surface area contributed by atoms with E-state index in [1.165, 1.54) is 18.2 Å². The van der Waals surface area contributed by atoms with Gasteiger partial charge in [-0.25, -0.2) is 8.42 Å². The largest absolute Gasteiger partial charge is 0.493 e. The first-order valence-electron chi connectivity index (χ1n) is 10.3. The molecule has 0 aliphatic rings. The number of carbonyl (C=O) groups excluding carboxylic acids is 1. The fraction of sp³-hybridized carbons (Fsp3) is 0.174. The van der Waals surface area contributed by atoms with Crippen molar-refractivity contribution in [3.8, 4) is 5.88 Å². The summed E-state index contributed by atoms with van der Waals surface area (Å²) in [6.45, 7) is 2.67. The van der Waals surface area contributed by atoms with Crippen molar-refractivity contribution in [1.29, 1.82) is 0 Å². The molecule has 8 nitrogen and oxygen atoms in total. The Kier molecular flexibility index (Phi) is 6.57. The highest BCUT2D eigenvalue weighted by Gasteiger charge is 2.20. The van der Waals surface area contributed by atoms with Crippen molar-refractivity contribution in [2.45, 2.75) is 30.5 Å². The van der Waals surface area contributed by atoms with Gasteiger partial charge < -0.3 is 9.67 Å². The van der Waals surface area contributed by atoms with Gasteiger partial charge in [-0.1, -0.05) is 49.7 Å². The van der Waals surface area contributed by atoms with E-state index in [9.17, 15) is 18.3 Å². The fourth-order valence-corrected chi connectivity index (χ4v) is 5.50. The van der Waals surface area contributed by atoms with Crippen LogP contribution in [0, 0.1) is 0 Å². The van der Waals surface area contributed by atoms with Crippen LogP contribution in [0.5, 0.6) is 5.88 Å². The zero-order chi connectivity index (χ0) is 23.4. The Morgan fingerprint density at radius 2 is 1.85 bits per heavy atom. The zero-order valence-electron chi connectivity index (χ0n) is 17.8. The lowest BCUT2D eigenvalue weighted by molar-refractivity contribution is 0.0996. The minimum atomic E-state index is -3.83. The highest BCUT2D eigenvalue weighted by Crippen LogP contribution is 2.39. The molecule has 0 bridgehead atoms. The molecule has 0 radical (unpaired) electrons. The molecule has 4 aromatic rings. The maximum atomic E-state index is 12.9. The molecule has 2 N–H and O–H groups in total. The van der Waals surface area contributed by atoms with Crippen LogP contribution < -0.4 is 4.72 Å². The van der Waals surface area contributed by atoms with Gasteiger partial charge in [-0.15, -0.1) is 21.6 Å². The predicted molar refractivity (Wildman–Crippen MR) is 129 cm³/mol. The molecule has 2 aromatic carbocycles. The van der Waals surface area contributed by atoms with Crippen molar-refractivity contribution in [2.75, 3.05) is 4.72 Å². The molecular formula is C23H22N4O4S2. The number of amides is 1. The molecule has 33 heavy (non-hydrogen) atoms. The summed E-state index contributed by atoms with van der Waals surface area (Å²) in [5.74, 6) is -0.794. The standard InChI is InChI=1S/C23H22N4O4S2/c1-2-3-14-27-19-12-7-5-10-17(19)21(23(27)29)24-25-22(28)16-9-4-6-11-18(16)26-33(30,31)20-13-8-15-32-20/h4-13,15,26,29H,2-3,14H2,1H3. The topological polar surface area (TPSA) is 113 Å². The first-order valence-corrected chi connectivity index (χ1v) is 12.7. The van der Waals surface area contributed by atoms with E-state index in [0.717, 1.165) is 29.7 Å². The average molecular weight is 483 g/mol. The number of benzene rings is 2. The summed E-state index contributed by atoms with van der Waals surface area (Å²) in [7, 11) is -3.83. The molecule has 2 heterocycles. The molecule has 2 aromatic heterocycles. The number of para-hydroxylation sites is 2. The third-order valence-electron chi connectivity index (χ3n) is 5.06. The van der Waals surface area contributed by atoms with Crippen LogP contribution in [0.25, 0.3) is 10.9 Å². The molecule has 4 rings (SSSR count). The Hall–Kier alpha value is -3.50. The van der Waals surface area contributed by atoms with Crippen LogP contribution in [0.3, 0.4) is 0 Å². The number of nitrogens with zero attached hydrogens (tertiary/aromatic N) is 3. The monoisotopic (exact) mass is 482 g/mol. The van der Waals surface area contributed by atoms with E-state index < -0.39 is 15.9 Å². The van der Waals surface area contributed by atoms with Crippen molar-refractivity contribution in [3.05, 3.63) is 71.6 Å². The average Bonchev–Trinajstić information content (AvgIpc) is 3.44. The quantitative estimate of drug-likeness (QED) is 0.303. The van der Waals surface area contributed by atoms with Gasteiger partial charge in [0.15, 0.2) is 5.69 Å².